The Labute approximate surface area is 188 Å². The molecule has 0 radical (unpaired) electrons. The quantitative estimate of drug-likeness (QED) is 0.358. The summed E-state index contributed by atoms with van der Waals surface area (Å²) in [7, 11) is -3.70. The fraction of sp³-hybridized carbons (Fsp3) is 0. The van der Waals surface area contributed by atoms with Crippen LogP contribution >= 0.6 is 11.3 Å². The number of nitrogens with one attached hydrogen (secondary N) is 2. The fourth-order valence-corrected chi connectivity index (χ4v) is 5.10. The van der Waals surface area contributed by atoms with E-state index in [2.05, 4.69) is 25.2 Å². The molecule has 2 N–H and O–H groups in total. The molecule has 0 atom stereocenters. The van der Waals surface area contributed by atoms with E-state index in [9.17, 15) is 8.42 Å². The molecule has 0 aliphatic rings. The Kier molecular flexibility index (Phi) is 5.26. The molecule has 0 aliphatic heterocycles. The van der Waals surface area contributed by atoms with Gasteiger partial charge in [-0.05, 0) is 24.3 Å². The molecule has 0 saturated heterocycles. The molecule has 2 aromatic heterocycles. The van der Waals surface area contributed by atoms with Crippen LogP contribution in [-0.4, -0.2) is 23.6 Å². The number of fused-ring (bicyclic) bond motifs is 1. The predicted molar refractivity (Wildman–Crippen MR) is 128 cm³/mol. The first-order valence-electron chi connectivity index (χ1n) is 9.70. The normalized spacial score (nSPS) is 11.4. The van der Waals surface area contributed by atoms with Gasteiger partial charge in [-0.15, -0.1) is 21.5 Å². The Bertz CT molecular complexity index is 1470. The second-order valence-corrected chi connectivity index (χ2v) is 9.48. The lowest BCUT2D eigenvalue weighted by atomic mass is 10.0. The molecule has 0 aliphatic carbocycles. The van der Waals surface area contributed by atoms with Crippen molar-refractivity contribution in [1.82, 2.24) is 15.2 Å². The van der Waals surface area contributed by atoms with Crippen LogP contribution in [0.4, 0.5) is 16.6 Å². The average Bonchev–Trinajstić information content (AvgIpc) is 3.33. The van der Waals surface area contributed by atoms with Crippen molar-refractivity contribution < 1.29 is 8.42 Å². The number of nitrogens with zero attached hydrogens (tertiary/aromatic N) is 3. The van der Waals surface area contributed by atoms with Crippen LogP contribution in [0, 0.1) is 0 Å². The van der Waals surface area contributed by atoms with Crippen LogP contribution in [0.2, 0.25) is 0 Å². The third-order valence-electron chi connectivity index (χ3n) is 4.82. The highest BCUT2D eigenvalue weighted by Crippen LogP contribution is 2.31. The van der Waals surface area contributed by atoms with Crippen molar-refractivity contribution in [2.75, 3.05) is 10.0 Å². The van der Waals surface area contributed by atoms with Gasteiger partial charge in [0.05, 0.1) is 4.90 Å². The zero-order chi connectivity index (χ0) is 22.0. The number of hydrogen-bond donors (Lipinski definition) is 2. The Morgan fingerprint density at radius 3 is 2.22 bits per heavy atom. The summed E-state index contributed by atoms with van der Waals surface area (Å²) in [4.78, 5) is 4.11. The molecule has 7 nitrogen and oxygen atoms in total. The summed E-state index contributed by atoms with van der Waals surface area (Å²) in [6, 6.07) is 24.3. The summed E-state index contributed by atoms with van der Waals surface area (Å²) in [6.45, 7) is 0. The highest BCUT2D eigenvalue weighted by molar-refractivity contribution is 7.93. The molecule has 158 valence electrons. The van der Waals surface area contributed by atoms with E-state index in [0.29, 0.717) is 16.6 Å². The molecular formula is C23H17N5O2S2. The summed E-state index contributed by atoms with van der Waals surface area (Å²) in [5, 5.41) is 16.0. The van der Waals surface area contributed by atoms with Gasteiger partial charge in [-0.25, -0.2) is 13.4 Å². The molecule has 0 bridgehead atoms. The zero-order valence-electron chi connectivity index (χ0n) is 16.6. The number of thiazole rings is 1. The minimum atomic E-state index is -3.70. The van der Waals surface area contributed by atoms with Crippen molar-refractivity contribution in [3.63, 3.8) is 0 Å². The Morgan fingerprint density at radius 1 is 0.781 bits per heavy atom. The minimum absolute atomic E-state index is 0.147. The van der Waals surface area contributed by atoms with Crippen LogP contribution in [0.3, 0.4) is 0 Å². The first-order valence-corrected chi connectivity index (χ1v) is 12.1. The van der Waals surface area contributed by atoms with Gasteiger partial charge in [-0.3, -0.25) is 4.72 Å². The maximum Gasteiger partial charge on any atom is 0.263 e. The molecule has 9 heteroatoms. The van der Waals surface area contributed by atoms with Crippen molar-refractivity contribution in [1.29, 1.82) is 0 Å². The van der Waals surface area contributed by atoms with Crippen LogP contribution in [0.1, 0.15) is 0 Å². The molecule has 3 aromatic carbocycles. The molecule has 32 heavy (non-hydrogen) atoms. The predicted octanol–water partition coefficient (Wildman–Crippen LogP) is 5.30. The van der Waals surface area contributed by atoms with Crippen molar-refractivity contribution in [3.05, 3.63) is 90.4 Å². The summed E-state index contributed by atoms with van der Waals surface area (Å²) in [6.07, 6.45) is 1.55. The number of benzene rings is 3. The van der Waals surface area contributed by atoms with E-state index in [1.165, 1.54) is 23.5 Å². The lowest BCUT2D eigenvalue weighted by Gasteiger charge is -2.12. The van der Waals surface area contributed by atoms with Gasteiger partial charge in [0.15, 0.2) is 10.9 Å². The molecule has 0 fully saturated rings. The van der Waals surface area contributed by atoms with Gasteiger partial charge in [0.25, 0.3) is 10.0 Å². The van der Waals surface area contributed by atoms with Gasteiger partial charge in [-0.2, -0.15) is 0 Å². The molecular weight excluding hydrogens is 442 g/mol. The second-order valence-electron chi connectivity index (χ2n) is 6.90. The summed E-state index contributed by atoms with van der Waals surface area (Å²) in [5.41, 5.74) is 2.50. The number of rotatable bonds is 6. The monoisotopic (exact) mass is 459 g/mol. The van der Waals surface area contributed by atoms with E-state index in [1.54, 1.807) is 23.7 Å². The van der Waals surface area contributed by atoms with Crippen LogP contribution in [-0.2, 0) is 10.0 Å². The molecule has 0 spiro atoms. The summed E-state index contributed by atoms with van der Waals surface area (Å²) < 4.78 is 27.5. The van der Waals surface area contributed by atoms with Gasteiger partial charge in [0, 0.05) is 33.6 Å². The standard InChI is InChI=1S/C23H17N5O2S2/c29-32(30,28-23-24-14-15-31-23)18-12-10-17(11-13-18)25-22-20-9-5-4-8-19(20)21(26-27-22)16-6-2-1-3-7-16/h1-15H,(H,24,28)(H,25,27). The lowest BCUT2D eigenvalue weighted by Crippen LogP contribution is -2.12. The summed E-state index contributed by atoms with van der Waals surface area (Å²) >= 11 is 1.22. The third-order valence-corrected chi connectivity index (χ3v) is 6.99. The zero-order valence-corrected chi connectivity index (χ0v) is 18.3. The number of hydrogen-bond acceptors (Lipinski definition) is 7. The number of sulfonamides is 1. The molecule has 0 amide bonds. The van der Waals surface area contributed by atoms with E-state index >= 15 is 0 Å². The summed E-state index contributed by atoms with van der Waals surface area (Å²) in [5.74, 6) is 0.594. The number of anilines is 3. The highest BCUT2D eigenvalue weighted by Gasteiger charge is 2.16. The van der Waals surface area contributed by atoms with Crippen molar-refractivity contribution in [2.45, 2.75) is 4.90 Å². The van der Waals surface area contributed by atoms with E-state index < -0.39 is 10.0 Å². The second kappa shape index (κ2) is 8.37. The van der Waals surface area contributed by atoms with Crippen LogP contribution in [0.15, 0.2) is 95.3 Å². The largest absolute Gasteiger partial charge is 0.338 e. The Balaban J connectivity index is 1.44. The average molecular weight is 460 g/mol. The van der Waals surface area contributed by atoms with E-state index in [-0.39, 0.29) is 4.90 Å². The Morgan fingerprint density at radius 2 is 1.50 bits per heavy atom. The maximum atomic E-state index is 12.5. The van der Waals surface area contributed by atoms with Gasteiger partial charge < -0.3 is 5.32 Å². The van der Waals surface area contributed by atoms with E-state index in [1.807, 2.05) is 54.6 Å². The molecule has 2 heterocycles. The van der Waals surface area contributed by atoms with Crippen molar-refractivity contribution in [2.24, 2.45) is 0 Å². The smallest absolute Gasteiger partial charge is 0.263 e. The van der Waals surface area contributed by atoms with Crippen LogP contribution in [0.25, 0.3) is 22.0 Å². The SMILES string of the molecule is O=S(=O)(Nc1nccs1)c1ccc(Nc2nnc(-c3ccccc3)c3ccccc23)cc1. The molecule has 5 rings (SSSR count). The lowest BCUT2D eigenvalue weighted by molar-refractivity contribution is 0.601. The highest BCUT2D eigenvalue weighted by atomic mass is 32.2. The van der Waals surface area contributed by atoms with E-state index in [0.717, 1.165) is 22.0 Å². The minimum Gasteiger partial charge on any atom is -0.338 e. The topological polar surface area (TPSA) is 96.9 Å². The van der Waals surface area contributed by atoms with Crippen molar-refractivity contribution >= 4 is 48.8 Å². The molecule has 5 aromatic rings. The van der Waals surface area contributed by atoms with Crippen molar-refractivity contribution in [3.8, 4) is 11.3 Å². The third kappa shape index (κ3) is 4.03. The van der Waals surface area contributed by atoms with E-state index in [4.69, 9.17) is 0 Å². The number of aromatic nitrogens is 3. The van der Waals surface area contributed by atoms with Crippen LogP contribution in [0.5, 0.6) is 0 Å². The fourth-order valence-electron chi connectivity index (χ4n) is 3.31. The molecule has 0 unspecified atom stereocenters. The van der Waals surface area contributed by atoms with Crippen LogP contribution < -0.4 is 10.0 Å². The Hall–Kier alpha value is -3.82. The van der Waals surface area contributed by atoms with Gasteiger partial charge in [0.2, 0.25) is 0 Å². The first kappa shape index (κ1) is 20.1. The first-order chi connectivity index (χ1) is 15.6. The van der Waals surface area contributed by atoms with Gasteiger partial charge in [0.1, 0.15) is 5.69 Å². The van der Waals surface area contributed by atoms with Gasteiger partial charge >= 0.3 is 0 Å². The maximum absolute atomic E-state index is 12.5. The van der Waals surface area contributed by atoms with Gasteiger partial charge in [-0.1, -0.05) is 54.6 Å². The molecule has 0 saturated carbocycles.